The summed E-state index contributed by atoms with van der Waals surface area (Å²) in [7, 11) is 0. The van der Waals surface area contributed by atoms with Crippen LogP contribution in [0.2, 0.25) is 0 Å². The summed E-state index contributed by atoms with van der Waals surface area (Å²) in [6.07, 6.45) is 3.90. The zero-order valence-electron chi connectivity index (χ0n) is 10.1. The highest BCUT2D eigenvalue weighted by atomic mass is 32.2. The number of benzene rings is 1. The van der Waals surface area contributed by atoms with Crippen LogP contribution in [0.15, 0.2) is 29.3 Å². The summed E-state index contributed by atoms with van der Waals surface area (Å²) in [5.74, 6) is 1.98. The molecule has 0 saturated heterocycles. The third kappa shape index (κ3) is 2.37. The Hall–Kier alpha value is -1.47. The van der Waals surface area contributed by atoms with Gasteiger partial charge in [-0.1, -0.05) is 18.2 Å². The largest absolute Gasteiger partial charge is 0.335 e. The number of nitrogens with one attached hydrogen (secondary N) is 1. The molecule has 0 spiro atoms. The van der Waals surface area contributed by atoms with Gasteiger partial charge in [0, 0.05) is 11.4 Å². The third-order valence-corrected chi connectivity index (χ3v) is 4.68. The standard InChI is InChI=1S/C14H15N3S/c15-8-10-4-6-12(7-5-10)16-14-17-13-3-1-2-11(13)9-18-14/h4-7,11,13H,1-3,9H2,(H,16,17). The maximum absolute atomic E-state index is 8.75. The fourth-order valence-electron chi connectivity index (χ4n) is 2.58. The summed E-state index contributed by atoms with van der Waals surface area (Å²) < 4.78 is 0. The van der Waals surface area contributed by atoms with Crippen LogP contribution in [0.4, 0.5) is 5.69 Å². The number of hydrogen-bond donors (Lipinski definition) is 1. The smallest absolute Gasteiger partial charge is 0.161 e. The molecule has 1 aliphatic heterocycles. The summed E-state index contributed by atoms with van der Waals surface area (Å²) >= 11 is 1.82. The van der Waals surface area contributed by atoms with Gasteiger partial charge in [-0.2, -0.15) is 5.26 Å². The van der Waals surface area contributed by atoms with Crippen LogP contribution in [-0.2, 0) is 0 Å². The van der Waals surface area contributed by atoms with Crippen molar-refractivity contribution in [1.82, 2.24) is 0 Å². The topological polar surface area (TPSA) is 48.2 Å². The molecule has 3 nitrogen and oxygen atoms in total. The first-order chi connectivity index (χ1) is 8.85. The van der Waals surface area contributed by atoms with Crippen molar-refractivity contribution < 1.29 is 0 Å². The number of amidine groups is 1. The van der Waals surface area contributed by atoms with Crippen LogP contribution in [-0.4, -0.2) is 17.0 Å². The van der Waals surface area contributed by atoms with Gasteiger partial charge in [0.05, 0.1) is 17.7 Å². The number of rotatable bonds is 1. The summed E-state index contributed by atoms with van der Waals surface area (Å²) in [6, 6.07) is 10.2. The molecule has 1 N–H and O–H groups in total. The van der Waals surface area contributed by atoms with E-state index in [1.807, 2.05) is 36.0 Å². The Labute approximate surface area is 111 Å². The van der Waals surface area contributed by atoms with E-state index in [4.69, 9.17) is 10.3 Å². The van der Waals surface area contributed by atoms with Crippen LogP contribution in [0.5, 0.6) is 0 Å². The molecule has 1 aliphatic carbocycles. The van der Waals surface area contributed by atoms with Crippen LogP contribution in [0.3, 0.4) is 0 Å². The van der Waals surface area contributed by atoms with E-state index in [9.17, 15) is 0 Å². The molecular weight excluding hydrogens is 242 g/mol. The molecule has 0 radical (unpaired) electrons. The van der Waals surface area contributed by atoms with Gasteiger partial charge >= 0.3 is 0 Å². The normalized spacial score (nSPS) is 26.1. The maximum atomic E-state index is 8.75. The molecule has 1 fully saturated rings. The van der Waals surface area contributed by atoms with Crippen molar-refractivity contribution in [2.75, 3.05) is 11.1 Å². The van der Waals surface area contributed by atoms with Gasteiger partial charge in [-0.3, -0.25) is 4.99 Å². The highest BCUT2D eigenvalue weighted by Crippen LogP contribution is 2.35. The summed E-state index contributed by atoms with van der Waals surface area (Å²) in [4.78, 5) is 4.79. The average Bonchev–Trinajstić information content (AvgIpc) is 2.87. The van der Waals surface area contributed by atoms with E-state index in [2.05, 4.69) is 11.4 Å². The molecule has 1 saturated carbocycles. The predicted octanol–water partition coefficient (Wildman–Crippen LogP) is 3.24. The Morgan fingerprint density at radius 2 is 2.11 bits per heavy atom. The Kier molecular flexibility index (Phi) is 3.24. The number of anilines is 1. The van der Waals surface area contributed by atoms with Crippen LogP contribution < -0.4 is 5.32 Å². The second-order valence-corrected chi connectivity index (χ2v) is 5.83. The Balaban J connectivity index is 1.70. The van der Waals surface area contributed by atoms with Crippen molar-refractivity contribution in [2.24, 2.45) is 10.9 Å². The zero-order chi connectivity index (χ0) is 12.4. The number of nitrogens with zero attached hydrogens (tertiary/aromatic N) is 2. The predicted molar refractivity (Wildman–Crippen MR) is 75.8 cm³/mol. The molecule has 3 rings (SSSR count). The average molecular weight is 257 g/mol. The van der Waals surface area contributed by atoms with Crippen LogP contribution in [0.25, 0.3) is 0 Å². The van der Waals surface area contributed by atoms with Crippen LogP contribution in [0, 0.1) is 17.2 Å². The molecule has 1 aromatic rings. The molecule has 18 heavy (non-hydrogen) atoms. The van der Waals surface area contributed by atoms with Gasteiger partial charge in [-0.05, 0) is 43.0 Å². The van der Waals surface area contributed by atoms with E-state index in [-0.39, 0.29) is 0 Å². The number of fused-ring (bicyclic) bond motifs is 1. The molecule has 0 bridgehead atoms. The lowest BCUT2D eigenvalue weighted by molar-refractivity contribution is 0.535. The van der Waals surface area contributed by atoms with Gasteiger partial charge in [0.1, 0.15) is 0 Å². The molecular formula is C14H15N3S. The highest BCUT2D eigenvalue weighted by molar-refractivity contribution is 8.14. The minimum Gasteiger partial charge on any atom is -0.335 e. The fraction of sp³-hybridized carbons (Fsp3) is 0.429. The summed E-state index contributed by atoms with van der Waals surface area (Å²) in [5, 5.41) is 13.1. The number of aliphatic imine (C=N–C) groups is 1. The van der Waals surface area contributed by atoms with Crippen molar-refractivity contribution in [3.8, 4) is 6.07 Å². The zero-order valence-corrected chi connectivity index (χ0v) is 10.9. The fourth-order valence-corrected chi connectivity index (χ4v) is 3.74. The van der Waals surface area contributed by atoms with Crippen molar-refractivity contribution >= 4 is 22.6 Å². The molecule has 1 aromatic carbocycles. The number of hydrogen-bond acceptors (Lipinski definition) is 4. The summed E-state index contributed by atoms with van der Waals surface area (Å²) in [6.45, 7) is 0. The van der Waals surface area contributed by atoms with E-state index >= 15 is 0 Å². The van der Waals surface area contributed by atoms with Gasteiger partial charge < -0.3 is 5.32 Å². The number of thioether (sulfide) groups is 1. The third-order valence-electron chi connectivity index (χ3n) is 3.60. The molecule has 2 atom stereocenters. The van der Waals surface area contributed by atoms with Crippen molar-refractivity contribution in [3.05, 3.63) is 29.8 Å². The van der Waals surface area contributed by atoms with E-state index in [1.54, 1.807) is 0 Å². The highest BCUT2D eigenvalue weighted by Gasteiger charge is 2.30. The molecule has 1 heterocycles. The Morgan fingerprint density at radius 3 is 2.89 bits per heavy atom. The minimum atomic E-state index is 0.534. The first-order valence-electron chi connectivity index (χ1n) is 6.33. The second-order valence-electron chi connectivity index (χ2n) is 4.82. The van der Waals surface area contributed by atoms with Gasteiger partial charge in [0.25, 0.3) is 0 Å². The molecule has 92 valence electrons. The molecule has 0 aromatic heterocycles. The van der Waals surface area contributed by atoms with Gasteiger partial charge in [-0.25, -0.2) is 0 Å². The van der Waals surface area contributed by atoms with Crippen molar-refractivity contribution in [1.29, 1.82) is 5.26 Å². The van der Waals surface area contributed by atoms with Crippen molar-refractivity contribution in [3.63, 3.8) is 0 Å². The lowest BCUT2D eigenvalue weighted by atomic mass is 10.1. The Morgan fingerprint density at radius 1 is 1.28 bits per heavy atom. The van der Waals surface area contributed by atoms with Gasteiger partial charge in [0.15, 0.2) is 5.17 Å². The van der Waals surface area contributed by atoms with E-state index in [0.717, 1.165) is 16.8 Å². The van der Waals surface area contributed by atoms with E-state index < -0.39 is 0 Å². The monoisotopic (exact) mass is 257 g/mol. The Bertz CT molecular complexity index is 501. The maximum Gasteiger partial charge on any atom is 0.161 e. The lowest BCUT2D eigenvalue weighted by Crippen LogP contribution is -2.25. The van der Waals surface area contributed by atoms with Gasteiger partial charge in [0.2, 0.25) is 0 Å². The first kappa shape index (κ1) is 11.6. The lowest BCUT2D eigenvalue weighted by Gasteiger charge is -2.23. The molecule has 0 amide bonds. The van der Waals surface area contributed by atoms with E-state index in [0.29, 0.717) is 11.6 Å². The SMILES string of the molecule is N#Cc1ccc(NC2=NC3CCCC3CS2)cc1. The van der Waals surface area contributed by atoms with Crippen LogP contribution >= 0.6 is 11.8 Å². The minimum absolute atomic E-state index is 0.534. The molecule has 4 heteroatoms. The van der Waals surface area contributed by atoms with Gasteiger partial charge in [-0.15, -0.1) is 0 Å². The quantitative estimate of drug-likeness (QED) is 0.840. The summed E-state index contributed by atoms with van der Waals surface area (Å²) in [5.41, 5.74) is 1.70. The van der Waals surface area contributed by atoms with Crippen molar-refractivity contribution in [2.45, 2.75) is 25.3 Å². The van der Waals surface area contributed by atoms with E-state index in [1.165, 1.54) is 25.0 Å². The molecule has 2 unspecified atom stereocenters. The molecule has 2 aliphatic rings. The second kappa shape index (κ2) is 5.03. The van der Waals surface area contributed by atoms with Crippen LogP contribution in [0.1, 0.15) is 24.8 Å². The number of nitriles is 1. The first-order valence-corrected chi connectivity index (χ1v) is 7.31.